The molecule has 1 aliphatic heterocycles. The van der Waals surface area contributed by atoms with Crippen LogP contribution in [0.15, 0.2) is 0 Å². The Morgan fingerprint density at radius 2 is 2.15 bits per heavy atom. The standard InChI is InChI=1S/C11H21NO/c1-9(2)13-10-5-7-11(10)6-4-8-12(11)3/h9-10H,4-8H2,1-3H3. The van der Waals surface area contributed by atoms with Crippen LogP contribution in [0.5, 0.6) is 0 Å². The number of likely N-dealkylation sites (tertiary alicyclic amines) is 1. The fraction of sp³-hybridized carbons (Fsp3) is 1.00. The molecule has 0 aromatic heterocycles. The Hall–Kier alpha value is -0.0800. The van der Waals surface area contributed by atoms with E-state index in [2.05, 4.69) is 25.8 Å². The van der Waals surface area contributed by atoms with E-state index in [1.165, 1.54) is 32.2 Å². The molecule has 2 heteroatoms. The Bertz CT molecular complexity index is 193. The lowest BCUT2D eigenvalue weighted by Gasteiger charge is -2.51. The van der Waals surface area contributed by atoms with Crippen molar-refractivity contribution >= 4 is 0 Å². The molecule has 1 aliphatic carbocycles. The van der Waals surface area contributed by atoms with E-state index < -0.39 is 0 Å². The first-order valence-corrected chi connectivity index (χ1v) is 5.52. The predicted molar refractivity (Wildman–Crippen MR) is 53.8 cm³/mol. The Balaban J connectivity index is 1.99. The molecule has 1 heterocycles. The molecule has 1 spiro atoms. The van der Waals surface area contributed by atoms with Crippen molar-refractivity contribution in [2.75, 3.05) is 13.6 Å². The summed E-state index contributed by atoms with van der Waals surface area (Å²) < 4.78 is 5.95. The molecule has 76 valence electrons. The van der Waals surface area contributed by atoms with Crippen LogP contribution in [0.3, 0.4) is 0 Å². The van der Waals surface area contributed by atoms with Crippen LogP contribution in [-0.2, 0) is 4.74 Å². The third-order valence-corrected chi connectivity index (χ3v) is 3.74. The van der Waals surface area contributed by atoms with E-state index in [1.807, 2.05) is 0 Å². The summed E-state index contributed by atoms with van der Waals surface area (Å²) in [6.07, 6.45) is 6.22. The third-order valence-electron chi connectivity index (χ3n) is 3.74. The van der Waals surface area contributed by atoms with Gasteiger partial charge in [0, 0.05) is 5.54 Å². The van der Waals surface area contributed by atoms with Gasteiger partial charge in [-0.1, -0.05) is 0 Å². The SMILES string of the molecule is CC(C)OC1CCC12CCCN2C. The van der Waals surface area contributed by atoms with Crippen molar-refractivity contribution in [3.63, 3.8) is 0 Å². The van der Waals surface area contributed by atoms with Gasteiger partial charge in [-0.3, -0.25) is 4.90 Å². The third kappa shape index (κ3) is 1.40. The van der Waals surface area contributed by atoms with Crippen molar-refractivity contribution in [1.82, 2.24) is 4.90 Å². The number of hydrogen-bond donors (Lipinski definition) is 0. The molecular weight excluding hydrogens is 162 g/mol. The topological polar surface area (TPSA) is 12.5 Å². The van der Waals surface area contributed by atoms with E-state index in [0.29, 0.717) is 17.7 Å². The number of hydrogen-bond acceptors (Lipinski definition) is 2. The van der Waals surface area contributed by atoms with Gasteiger partial charge in [0.15, 0.2) is 0 Å². The monoisotopic (exact) mass is 183 g/mol. The zero-order chi connectivity index (χ0) is 9.47. The number of ether oxygens (including phenoxy) is 1. The molecule has 2 aliphatic rings. The van der Waals surface area contributed by atoms with Gasteiger partial charge in [0.25, 0.3) is 0 Å². The molecular formula is C11H21NO. The molecule has 0 aromatic carbocycles. The number of likely N-dealkylation sites (N-methyl/N-ethyl adjacent to an activating group) is 1. The van der Waals surface area contributed by atoms with Gasteiger partial charge in [0.05, 0.1) is 12.2 Å². The second-order valence-corrected chi connectivity index (χ2v) is 4.84. The first-order valence-electron chi connectivity index (χ1n) is 5.52. The van der Waals surface area contributed by atoms with Gasteiger partial charge in [0.2, 0.25) is 0 Å². The van der Waals surface area contributed by atoms with Gasteiger partial charge < -0.3 is 4.74 Å². The van der Waals surface area contributed by atoms with E-state index in [1.54, 1.807) is 0 Å². The highest BCUT2D eigenvalue weighted by Gasteiger charge is 2.52. The molecule has 2 rings (SSSR count). The number of nitrogens with zero attached hydrogens (tertiary/aromatic N) is 1. The molecule has 0 bridgehead atoms. The van der Waals surface area contributed by atoms with Crippen molar-refractivity contribution in [3.8, 4) is 0 Å². The van der Waals surface area contributed by atoms with Crippen molar-refractivity contribution in [3.05, 3.63) is 0 Å². The molecule has 0 aromatic rings. The smallest absolute Gasteiger partial charge is 0.0762 e. The quantitative estimate of drug-likeness (QED) is 0.649. The lowest BCUT2D eigenvalue weighted by molar-refractivity contribution is -0.134. The van der Waals surface area contributed by atoms with Crippen molar-refractivity contribution in [2.45, 2.75) is 57.3 Å². The molecule has 1 saturated heterocycles. The summed E-state index contributed by atoms with van der Waals surface area (Å²) in [6, 6.07) is 0. The maximum atomic E-state index is 5.95. The van der Waals surface area contributed by atoms with Gasteiger partial charge in [-0.2, -0.15) is 0 Å². The van der Waals surface area contributed by atoms with Crippen LogP contribution >= 0.6 is 0 Å². The maximum Gasteiger partial charge on any atom is 0.0762 e. The van der Waals surface area contributed by atoms with Gasteiger partial charge in [0.1, 0.15) is 0 Å². The largest absolute Gasteiger partial charge is 0.374 e. The minimum absolute atomic E-state index is 0.385. The van der Waals surface area contributed by atoms with Crippen LogP contribution in [0.4, 0.5) is 0 Å². The Labute approximate surface area is 81.3 Å². The van der Waals surface area contributed by atoms with Gasteiger partial charge in [-0.05, 0) is 53.1 Å². The fourth-order valence-electron chi connectivity index (χ4n) is 2.88. The number of rotatable bonds is 2. The van der Waals surface area contributed by atoms with Crippen molar-refractivity contribution in [1.29, 1.82) is 0 Å². The van der Waals surface area contributed by atoms with E-state index in [0.717, 1.165) is 0 Å². The summed E-state index contributed by atoms with van der Waals surface area (Å²) in [5.74, 6) is 0. The summed E-state index contributed by atoms with van der Waals surface area (Å²) in [5, 5.41) is 0. The Morgan fingerprint density at radius 1 is 1.38 bits per heavy atom. The highest BCUT2D eigenvalue weighted by atomic mass is 16.5. The van der Waals surface area contributed by atoms with Crippen molar-refractivity contribution < 1.29 is 4.74 Å². The second-order valence-electron chi connectivity index (χ2n) is 4.84. The van der Waals surface area contributed by atoms with Gasteiger partial charge in [-0.25, -0.2) is 0 Å². The Kier molecular flexibility index (Phi) is 2.37. The highest BCUT2D eigenvalue weighted by molar-refractivity contribution is 5.08. The second kappa shape index (κ2) is 3.25. The minimum Gasteiger partial charge on any atom is -0.374 e. The van der Waals surface area contributed by atoms with E-state index >= 15 is 0 Å². The summed E-state index contributed by atoms with van der Waals surface area (Å²) in [7, 11) is 2.25. The van der Waals surface area contributed by atoms with Gasteiger partial charge >= 0.3 is 0 Å². The van der Waals surface area contributed by atoms with Crippen LogP contribution < -0.4 is 0 Å². The molecule has 13 heavy (non-hydrogen) atoms. The van der Waals surface area contributed by atoms with Crippen molar-refractivity contribution in [2.24, 2.45) is 0 Å². The fourth-order valence-corrected chi connectivity index (χ4v) is 2.88. The molecule has 1 saturated carbocycles. The Morgan fingerprint density at radius 3 is 2.54 bits per heavy atom. The zero-order valence-corrected chi connectivity index (χ0v) is 9.05. The first kappa shape index (κ1) is 9.47. The van der Waals surface area contributed by atoms with Crippen LogP contribution in [0.2, 0.25) is 0 Å². The van der Waals surface area contributed by atoms with Crippen LogP contribution in [0.25, 0.3) is 0 Å². The molecule has 0 radical (unpaired) electrons. The summed E-state index contributed by atoms with van der Waals surface area (Å²) >= 11 is 0. The summed E-state index contributed by atoms with van der Waals surface area (Å²) in [4.78, 5) is 2.52. The summed E-state index contributed by atoms with van der Waals surface area (Å²) in [5.41, 5.74) is 0.435. The lowest BCUT2D eigenvalue weighted by Crippen LogP contribution is -2.60. The highest BCUT2D eigenvalue weighted by Crippen LogP contribution is 2.46. The van der Waals surface area contributed by atoms with Gasteiger partial charge in [-0.15, -0.1) is 0 Å². The lowest BCUT2D eigenvalue weighted by atomic mass is 9.72. The zero-order valence-electron chi connectivity index (χ0n) is 9.05. The average Bonchev–Trinajstić information content (AvgIpc) is 2.43. The first-order chi connectivity index (χ1) is 6.15. The van der Waals surface area contributed by atoms with E-state index in [-0.39, 0.29) is 0 Å². The normalized spacial score (nSPS) is 40.2. The maximum absolute atomic E-state index is 5.95. The predicted octanol–water partition coefficient (Wildman–Crippen LogP) is 2.04. The van der Waals surface area contributed by atoms with Crippen LogP contribution in [-0.4, -0.2) is 36.2 Å². The molecule has 0 amide bonds. The molecule has 0 N–H and O–H groups in total. The summed E-state index contributed by atoms with van der Waals surface area (Å²) in [6.45, 7) is 5.54. The van der Waals surface area contributed by atoms with E-state index in [4.69, 9.17) is 4.74 Å². The van der Waals surface area contributed by atoms with E-state index in [9.17, 15) is 0 Å². The minimum atomic E-state index is 0.385. The molecule has 2 nitrogen and oxygen atoms in total. The average molecular weight is 183 g/mol. The molecule has 2 unspecified atom stereocenters. The molecule has 2 fully saturated rings. The molecule has 2 atom stereocenters. The van der Waals surface area contributed by atoms with Crippen LogP contribution in [0.1, 0.15) is 39.5 Å². The van der Waals surface area contributed by atoms with Crippen LogP contribution in [0, 0.1) is 0 Å².